The Balaban J connectivity index is 1.99. The summed E-state index contributed by atoms with van der Waals surface area (Å²) < 4.78 is 10.8. The number of nitrogens with one attached hydrogen (secondary N) is 1. The van der Waals surface area contributed by atoms with Gasteiger partial charge in [0.05, 0.1) is 38.4 Å². The number of nitrogens with zero attached hydrogens (tertiary/aromatic N) is 1. The Labute approximate surface area is 124 Å². The summed E-state index contributed by atoms with van der Waals surface area (Å²) in [4.78, 5) is 25.5. The molecule has 0 aromatic carbocycles. The number of amides is 1. The summed E-state index contributed by atoms with van der Waals surface area (Å²) in [7, 11) is 0. The van der Waals surface area contributed by atoms with Crippen LogP contribution < -0.4 is 5.32 Å². The molecule has 2 rings (SSSR count). The number of carbonyl (C=O) groups excluding carboxylic acids is 1. The fourth-order valence-corrected chi connectivity index (χ4v) is 2.87. The van der Waals surface area contributed by atoms with Crippen molar-refractivity contribution in [2.75, 3.05) is 39.5 Å². The van der Waals surface area contributed by atoms with E-state index in [1.807, 2.05) is 6.92 Å². The third kappa shape index (κ3) is 4.15. The lowest BCUT2D eigenvalue weighted by Crippen LogP contribution is -2.49. The number of morpholine rings is 1. The summed E-state index contributed by atoms with van der Waals surface area (Å²) in [5.74, 6) is -1.58. The highest BCUT2D eigenvalue weighted by molar-refractivity contribution is 5.79. The van der Waals surface area contributed by atoms with Crippen LogP contribution in [0.5, 0.6) is 0 Å². The van der Waals surface area contributed by atoms with E-state index >= 15 is 0 Å². The molecule has 2 N–H and O–H groups in total. The van der Waals surface area contributed by atoms with E-state index in [4.69, 9.17) is 9.47 Å². The maximum Gasteiger partial charge on any atom is 0.311 e. The zero-order valence-corrected chi connectivity index (χ0v) is 12.4. The highest BCUT2D eigenvalue weighted by Gasteiger charge is 2.40. The highest BCUT2D eigenvalue weighted by atomic mass is 16.5. The van der Waals surface area contributed by atoms with E-state index in [0.717, 1.165) is 13.0 Å². The van der Waals surface area contributed by atoms with E-state index in [9.17, 15) is 14.7 Å². The maximum absolute atomic E-state index is 12.5. The van der Waals surface area contributed by atoms with Gasteiger partial charge in [-0.25, -0.2) is 0 Å². The Morgan fingerprint density at radius 1 is 1.38 bits per heavy atom. The topological polar surface area (TPSA) is 88.1 Å². The first-order chi connectivity index (χ1) is 10.1. The summed E-state index contributed by atoms with van der Waals surface area (Å²) in [5, 5.41) is 12.4. The predicted molar refractivity (Wildman–Crippen MR) is 75.0 cm³/mol. The molecule has 0 aromatic heterocycles. The summed E-state index contributed by atoms with van der Waals surface area (Å²) >= 11 is 0. The molecule has 0 bridgehead atoms. The molecule has 3 atom stereocenters. The van der Waals surface area contributed by atoms with Gasteiger partial charge in [0.2, 0.25) is 5.91 Å². The molecule has 21 heavy (non-hydrogen) atoms. The number of aliphatic carboxylic acids is 1. The molecule has 0 aromatic rings. The smallest absolute Gasteiger partial charge is 0.311 e. The Hall–Kier alpha value is -1.18. The summed E-state index contributed by atoms with van der Waals surface area (Å²) in [6.45, 7) is 5.08. The first-order valence-corrected chi connectivity index (χ1v) is 7.55. The molecule has 0 spiro atoms. The molecular formula is C14H24N2O5. The summed E-state index contributed by atoms with van der Waals surface area (Å²) in [6.07, 6.45) is 0.949. The first-order valence-electron chi connectivity index (χ1n) is 7.55. The Morgan fingerprint density at radius 2 is 2.19 bits per heavy atom. The molecule has 2 aliphatic rings. The van der Waals surface area contributed by atoms with Crippen LogP contribution >= 0.6 is 0 Å². The number of carboxylic acid groups (broad SMARTS) is 1. The van der Waals surface area contributed by atoms with Gasteiger partial charge in [0.1, 0.15) is 5.92 Å². The molecule has 2 heterocycles. The standard InChI is InChI=1S/C14H24N2O5/c1-2-4-16(12-9-20-8-11(12)14(18)19)13(17)6-10-7-15-3-5-21-10/h10-12,15H,2-9H2,1H3,(H,18,19). The van der Waals surface area contributed by atoms with Crippen molar-refractivity contribution in [2.24, 2.45) is 5.92 Å². The highest BCUT2D eigenvalue weighted by Crippen LogP contribution is 2.22. The second kappa shape index (κ2) is 7.72. The van der Waals surface area contributed by atoms with E-state index in [1.54, 1.807) is 4.90 Å². The average molecular weight is 300 g/mol. The zero-order valence-electron chi connectivity index (χ0n) is 12.4. The fraction of sp³-hybridized carbons (Fsp3) is 0.857. The van der Waals surface area contributed by atoms with E-state index in [0.29, 0.717) is 26.3 Å². The van der Waals surface area contributed by atoms with E-state index < -0.39 is 11.9 Å². The predicted octanol–water partition coefficient (Wildman–Crippen LogP) is -0.297. The summed E-state index contributed by atoms with van der Waals surface area (Å²) in [5.41, 5.74) is 0. The van der Waals surface area contributed by atoms with Crippen molar-refractivity contribution in [3.8, 4) is 0 Å². The second-order valence-corrected chi connectivity index (χ2v) is 5.54. The van der Waals surface area contributed by atoms with Gasteiger partial charge >= 0.3 is 5.97 Å². The molecule has 2 aliphatic heterocycles. The minimum atomic E-state index is -0.901. The number of rotatable bonds is 6. The van der Waals surface area contributed by atoms with Gasteiger partial charge in [0, 0.05) is 19.6 Å². The van der Waals surface area contributed by atoms with Crippen LogP contribution in [-0.4, -0.2) is 73.5 Å². The van der Waals surface area contributed by atoms with Gasteiger partial charge in [-0.1, -0.05) is 6.92 Å². The van der Waals surface area contributed by atoms with Crippen molar-refractivity contribution in [3.05, 3.63) is 0 Å². The normalized spacial score (nSPS) is 29.3. The van der Waals surface area contributed by atoms with Crippen LogP contribution in [0.25, 0.3) is 0 Å². The SMILES string of the molecule is CCCN(C(=O)CC1CNCCO1)C1COCC1C(=O)O. The van der Waals surface area contributed by atoms with Gasteiger partial charge < -0.3 is 24.8 Å². The largest absolute Gasteiger partial charge is 0.481 e. The third-order valence-electron chi connectivity index (χ3n) is 3.96. The van der Waals surface area contributed by atoms with Gasteiger partial charge in [0.15, 0.2) is 0 Å². The number of carboxylic acids is 1. The molecule has 0 radical (unpaired) electrons. The Morgan fingerprint density at radius 3 is 2.81 bits per heavy atom. The molecule has 7 heteroatoms. The van der Waals surface area contributed by atoms with Gasteiger partial charge in [-0.15, -0.1) is 0 Å². The number of ether oxygens (including phenoxy) is 2. The van der Waals surface area contributed by atoms with Crippen molar-refractivity contribution in [2.45, 2.75) is 31.9 Å². The van der Waals surface area contributed by atoms with Crippen LogP contribution in [0, 0.1) is 5.92 Å². The zero-order chi connectivity index (χ0) is 15.2. The molecule has 1 amide bonds. The number of hydrogen-bond donors (Lipinski definition) is 2. The van der Waals surface area contributed by atoms with Gasteiger partial charge in [-0.3, -0.25) is 9.59 Å². The Bertz CT molecular complexity index is 370. The van der Waals surface area contributed by atoms with Gasteiger partial charge in [-0.2, -0.15) is 0 Å². The molecule has 3 unspecified atom stereocenters. The molecular weight excluding hydrogens is 276 g/mol. The average Bonchev–Trinajstić information content (AvgIpc) is 2.95. The van der Waals surface area contributed by atoms with Crippen molar-refractivity contribution >= 4 is 11.9 Å². The van der Waals surface area contributed by atoms with Gasteiger partial charge in [-0.05, 0) is 6.42 Å². The minimum absolute atomic E-state index is 0.0488. The monoisotopic (exact) mass is 300 g/mol. The molecule has 2 saturated heterocycles. The van der Waals surface area contributed by atoms with Crippen molar-refractivity contribution in [3.63, 3.8) is 0 Å². The molecule has 2 fully saturated rings. The van der Waals surface area contributed by atoms with Crippen LogP contribution in [-0.2, 0) is 19.1 Å². The molecule has 7 nitrogen and oxygen atoms in total. The molecule has 120 valence electrons. The van der Waals surface area contributed by atoms with E-state index in [1.165, 1.54) is 0 Å². The van der Waals surface area contributed by atoms with Gasteiger partial charge in [0.25, 0.3) is 0 Å². The maximum atomic E-state index is 12.5. The fourth-order valence-electron chi connectivity index (χ4n) is 2.87. The second-order valence-electron chi connectivity index (χ2n) is 5.54. The first kappa shape index (κ1) is 16.2. The minimum Gasteiger partial charge on any atom is -0.481 e. The lowest BCUT2D eigenvalue weighted by atomic mass is 10.0. The Kier molecular flexibility index (Phi) is 5.96. The van der Waals surface area contributed by atoms with E-state index in [-0.39, 0.29) is 31.1 Å². The number of carbonyl (C=O) groups is 2. The van der Waals surface area contributed by atoms with Crippen molar-refractivity contribution < 1.29 is 24.2 Å². The van der Waals surface area contributed by atoms with Crippen molar-refractivity contribution in [1.29, 1.82) is 0 Å². The van der Waals surface area contributed by atoms with Crippen LogP contribution in [0.1, 0.15) is 19.8 Å². The lowest BCUT2D eigenvalue weighted by molar-refractivity contribution is -0.145. The van der Waals surface area contributed by atoms with Crippen LogP contribution in [0.4, 0.5) is 0 Å². The van der Waals surface area contributed by atoms with E-state index in [2.05, 4.69) is 5.32 Å². The number of hydrogen-bond acceptors (Lipinski definition) is 5. The van der Waals surface area contributed by atoms with Crippen LogP contribution in [0.3, 0.4) is 0 Å². The van der Waals surface area contributed by atoms with Crippen molar-refractivity contribution in [1.82, 2.24) is 10.2 Å². The molecule has 0 saturated carbocycles. The quantitative estimate of drug-likeness (QED) is 0.700. The summed E-state index contributed by atoms with van der Waals surface area (Å²) in [6, 6.07) is -0.369. The van der Waals surface area contributed by atoms with Crippen LogP contribution in [0.15, 0.2) is 0 Å². The van der Waals surface area contributed by atoms with Crippen LogP contribution in [0.2, 0.25) is 0 Å². The molecule has 0 aliphatic carbocycles. The third-order valence-corrected chi connectivity index (χ3v) is 3.96. The lowest BCUT2D eigenvalue weighted by Gasteiger charge is -2.32.